The summed E-state index contributed by atoms with van der Waals surface area (Å²) in [4.78, 5) is 32.9. The fourth-order valence-electron chi connectivity index (χ4n) is 3.31. The Bertz CT molecular complexity index is 1350. The van der Waals surface area contributed by atoms with Gasteiger partial charge in [-0.15, -0.1) is 0 Å². The second-order valence-electron chi connectivity index (χ2n) is 7.27. The number of anilines is 3. The lowest BCUT2D eigenvalue weighted by Crippen LogP contribution is -2.19. The van der Waals surface area contributed by atoms with Crippen LogP contribution < -0.4 is 21.9 Å². The second kappa shape index (κ2) is 9.07. The molecule has 0 bridgehead atoms. The summed E-state index contributed by atoms with van der Waals surface area (Å²) < 4.78 is 1.52. The number of carbonyl (C=O) groups excluding carboxylic acids is 1. The Labute approximate surface area is 189 Å². The molecule has 1 amide bonds. The molecule has 0 radical (unpaired) electrons. The van der Waals surface area contributed by atoms with Gasteiger partial charge in [-0.1, -0.05) is 23.7 Å². The molecule has 4 rings (SSSR count). The molecule has 0 saturated heterocycles. The molecule has 0 aliphatic heterocycles. The molecule has 0 fully saturated rings. The van der Waals surface area contributed by atoms with Gasteiger partial charge >= 0.3 is 0 Å². The summed E-state index contributed by atoms with van der Waals surface area (Å²) in [6.45, 7) is 0.537. The molecule has 0 aliphatic rings. The van der Waals surface area contributed by atoms with Crippen molar-refractivity contribution in [2.75, 3.05) is 17.2 Å². The van der Waals surface area contributed by atoms with Gasteiger partial charge in [0.1, 0.15) is 17.5 Å². The first-order chi connectivity index (χ1) is 15.4. The van der Waals surface area contributed by atoms with Crippen LogP contribution in [0.3, 0.4) is 0 Å². The number of nitrogens with one attached hydrogen (secondary N) is 2. The lowest BCUT2D eigenvalue weighted by molar-refractivity contribution is 0.100. The van der Waals surface area contributed by atoms with Crippen molar-refractivity contribution in [2.24, 2.45) is 12.8 Å². The molecule has 4 N–H and O–H groups in total. The van der Waals surface area contributed by atoms with Gasteiger partial charge in [-0.2, -0.15) is 0 Å². The number of benzene rings is 1. The third-order valence-electron chi connectivity index (χ3n) is 4.98. The number of rotatable bonds is 7. The van der Waals surface area contributed by atoms with Gasteiger partial charge in [-0.3, -0.25) is 9.59 Å². The van der Waals surface area contributed by atoms with Crippen LogP contribution in [-0.2, 0) is 13.5 Å². The molecule has 0 unspecified atom stereocenters. The van der Waals surface area contributed by atoms with Crippen molar-refractivity contribution in [1.29, 1.82) is 0 Å². The second-order valence-corrected chi connectivity index (χ2v) is 7.71. The van der Waals surface area contributed by atoms with Crippen molar-refractivity contribution in [1.82, 2.24) is 14.5 Å². The molecule has 32 heavy (non-hydrogen) atoms. The normalized spacial score (nSPS) is 10.8. The fourth-order valence-corrected chi connectivity index (χ4v) is 3.47. The lowest BCUT2D eigenvalue weighted by atomic mass is 10.1. The third kappa shape index (κ3) is 4.70. The first kappa shape index (κ1) is 21.3. The summed E-state index contributed by atoms with van der Waals surface area (Å²) in [5, 5.41) is 8.22. The highest BCUT2D eigenvalue weighted by Crippen LogP contribution is 2.24. The predicted octanol–water partition coefficient (Wildman–Crippen LogP) is 3.48. The monoisotopic (exact) mass is 448 g/mol. The molecule has 162 valence electrons. The van der Waals surface area contributed by atoms with E-state index in [-0.39, 0.29) is 5.56 Å². The average Bonchev–Trinajstić information content (AvgIpc) is 2.76. The summed E-state index contributed by atoms with van der Waals surface area (Å²) in [5.74, 6) is 1.10. The van der Waals surface area contributed by atoms with E-state index < -0.39 is 5.91 Å². The van der Waals surface area contributed by atoms with E-state index >= 15 is 0 Å². The van der Waals surface area contributed by atoms with Crippen LogP contribution in [0.25, 0.3) is 10.8 Å². The smallest absolute Gasteiger partial charge is 0.261 e. The number of hydrogen-bond donors (Lipinski definition) is 3. The van der Waals surface area contributed by atoms with Crippen LogP contribution in [0.15, 0.2) is 65.7 Å². The summed E-state index contributed by atoms with van der Waals surface area (Å²) in [5.41, 5.74) is 6.63. The van der Waals surface area contributed by atoms with Crippen molar-refractivity contribution < 1.29 is 4.79 Å². The van der Waals surface area contributed by atoms with Crippen molar-refractivity contribution in [3.63, 3.8) is 0 Å². The van der Waals surface area contributed by atoms with Crippen LogP contribution in [0.1, 0.15) is 15.9 Å². The predicted molar refractivity (Wildman–Crippen MR) is 127 cm³/mol. The standard InChI is InChI=1S/C23H21ClN6O2/c1-30-11-8-16-12-19(28-18-13-17(24)7-10-26-18)29-22(20(16)23(30)32)27-9-6-14-2-4-15(5-3-14)21(25)31/h2-5,7-8,10-13H,6,9H2,1H3,(H2,25,31)(H2,26,27,28,29). The summed E-state index contributed by atoms with van der Waals surface area (Å²) in [6, 6.07) is 14.2. The van der Waals surface area contributed by atoms with Crippen LogP contribution in [0.5, 0.6) is 0 Å². The Morgan fingerprint density at radius 3 is 2.62 bits per heavy atom. The number of nitrogens with zero attached hydrogens (tertiary/aromatic N) is 3. The molecular formula is C23H21ClN6O2. The highest BCUT2D eigenvalue weighted by Gasteiger charge is 2.12. The SMILES string of the molecule is Cn1ccc2cc(Nc3cc(Cl)ccn3)nc(NCCc3ccc(C(N)=O)cc3)c2c1=O. The molecule has 3 aromatic heterocycles. The van der Waals surface area contributed by atoms with Crippen molar-refractivity contribution in [3.05, 3.63) is 87.4 Å². The number of halogens is 1. The van der Waals surface area contributed by atoms with Gasteiger partial charge in [0.2, 0.25) is 5.91 Å². The van der Waals surface area contributed by atoms with Gasteiger partial charge in [0.05, 0.1) is 5.39 Å². The number of hydrogen-bond acceptors (Lipinski definition) is 6. The van der Waals surface area contributed by atoms with E-state index in [0.29, 0.717) is 46.4 Å². The first-order valence-corrected chi connectivity index (χ1v) is 10.3. The molecule has 3 heterocycles. The quantitative estimate of drug-likeness (QED) is 0.398. The number of amides is 1. The Kier molecular flexibility index (Phi) is 6.04. The van der Waals surface area contributed by atoms with Crippen LogP contribution in [0.2, 0.25) is 5.02 Å². The maximum Gasteiger partial charge on any atom is 0.261 e. The van der Waals surface area contributed by atoms with E-state index in [9.17, 15) is 9.59 Å². The van der Waals surface area contributed by atoms with Crippen LogP contribution in [-0.4, -0.2) is 27.0 Å². The van der Waals surface area contributed by atoms with Crippen LogP contribution >= 0.6 is 11.6 Å². The Balaban J connectivity index is 1.61. The Morgan fingerprint density at radius 1 is 1.12 bits per heavy atom. The zero-order valence-corrected chi connectivity index (χ0v) is 18.1. The van der Waals surface area contributed by atoms with E-state index in [4.69, 9.17) is 17.3 Å². The molecule has 0 spiro atoms. The number of fused-ring (bicyclic) bond motifs is 1. The largest absolute Gasteiger partial charge is 0.369 e. The minimum Gasteiger partial charge on any atom is -0.369 e. The molecule has 9 heteroatoms. The molecule has 0 atom stereocenters. The lowest BCUT2D eigenvalue weighted by Gasteiger charge is -2.13. The van der Waals surface area contributed by atoms with Crippen molar-refractivity contribution in [2.45, 2.75) is 6.42 Å². The van der Waals surface area contributed by atoms with E-state index in [1.165, 1.54) is 4.57 Å². The molecule has 8 nitrogen and oxygen atoms in total. The topological polar surface area (TPSA) is 115 Å². The number of carbonyl (C=O) groups is 1. The summed E-state index contributed by atoms with van der Waals surface area (Å²) in [7, 11) is 1.70. The maximum atomic E-state index is 12.8. The Morgan fingerprint density at radius 2 is 1.91 bits per heavy atom. The number of aryl methyl sites for hydroxylation is 1. The van der Waals surface area contributed by atoms with E-state index in [0.717, 1.165) is 10.9 Å². The van der Waals surface area contributed by atoms with Gasteiger partial charge in [-0.05, 0) is 53.8 Å². The zero-order chi connectivity index (χ0) is 22.7. The maximum absolute atomic E-state index is 12.8. The Hall–Kier alpha value is -3.91. The van der Waals surface area contributed by atoms with Crippen molar-refractivity contribution >= 4 is 45.7 Å². The highest BCUT2D eigenvalue weighted by molar-refractivity contribution is 6.30. The fraction of sp³-hybridized carbons (Fsp3) is 0.130. The van der Waals surface area contributed by atoms with E-state index in [2.05, 4.69) is 20.6 Å². The van der Waals surface area contributed by atoms with Gasteiger partial charge in [0.15, 0.2) is 0 Å². The number of primary amides is 1. The summed E-state index contributed by atoms with van der Waals surface area (Å²) >= 11 is 6.05. The molecule has 0 aliphatic carbocycles. The van der Waals surface area contributed by atoms with Crippen LogP contribution in [0, 0.1) is 0 Å². The van der Waals surface area contributed by atoms with Gasteiger partial charge in [0, 0.05) is 36.6 Å². The zero-order valence-electron chi connectivity index (χ0n) is 17.3. The minimum atomic E-state index is -0.459. The number of pyridine rings is 3. The first-order valence-electron chi connectivity index (χ1n) is 9.92. The minimum absolute atomic E-state index is 0.143. The third-order valence-corrected chi connectivity index (χ3v) is 5.22. The highest BCUT2D eigenvalue weighted by atomic mass is 35.5. The number of nitrogens with two attached hydrogens (primary N) is 1. The van der Waals surface area contributed by atoms with Gasteiger partial charge in [0.25, 0.3) is 5.56 Å². The average molecular weight is 449 g/mol. The van der Waals surface area contributed by atoms with Crippen molar-refractivity contribution in [3.8, 4) is 0 Å². The summed E-state index contributed by atoms with van der Waals surface area (Å²) in [6.07, 6.45) is 3.99. The van der Waals surface area contributed by atoms with Gasteiger partial charge in [-0.25, -0.2) is 9.97 Å². The van der Waals surface area contributed by atoms with Crippen LogP contribution in [0.4, 0.5) is 17.5 Å². The molecule has 0 saturated carbocycles. The molecular weight excluding hydrogens is 428 g/mol. The van der Waals surface area contributed by atoms with E-state index in [1.54, 1.807) is 49.8 Å². The van der Waals surface area contributed by atoms with E-state index in [1.807, 2.05) is 18.2 Å². The number of aromatic nitrogens is 3. The molecule has 1 aromatic carbocycles. The van der Waals surface area contributed by atoms with Gasteiger partial charge < -0.3 is 20.9 Å². The molecule has 4 aromatic rings.